The van der Waals surface area contributed by atoms with Crippen molar-refractivity contribution in [3.05, 3.63) is 67.0 Å². The molecule has 0 bridgehead atoms. The molecule has 33 heavy (non-hydrogen) atoms. The van der Waals surface area contributed by atoms with Crippen molar-refractivity contribution in [2.45, 2.75) is 16.2 Å². The first-order valence-electron chi connectivity index (χ1n) is 10.0. The van der Waals surface area contributed by atoms with Gasteiger partial charge in [0.05, 0.1) is 10.8 Å². The van der Waals surface area contributed by atoms with Crippen LogP contribution >= 0.6 is 11.8 Å². The Balaban J connectivity index is 1.39. The number of rotatable bonds is 7. The Kier molecular flexibility index (Phi) is 6.61. The van der Waals surface area contributed by atoms with Gasteiger partial charge in [0.2, 0.25) is 17.8 Å². The molecule has 9 nitrogen and oxygen atoms in total. The van der Waals surface area contributed by atoms with Crippen LogP contribution in [0.3, 0.4) is 0 Å². The number of carbonyl (C=O) groups excluding carboxylic acids is 2. The number of hydrogen-bond donors (Lipinski definition) is 2. The number of nitrogens with one attached hydrogen (secondary N) is 2. The Bertz CT molecular complexity index is 1250. The summed E-state index contributed by atoms with van der Waals surface area (Å²) < 4.78 is 27.2. The number of anilines is 3. The van der Waals surface area contributed by atoms with Gasteiger partial charge in [-0.25, -0.2) is 23.1 Å². The van der Waals surface area contributed by atoms with E-state index in [0.29, 0.717) is 5.69 Å². The Morgan fingerprint density at radius 1 is 1.06 bits per heavy atom. The van der Waals surface area contributed by atoms with Gasteiger partial charge < -0.3 is 10.2 Å². The zero-order valence-corrected chi connectivity index (χ0v) is 19.3. The van der Waals surface area contributed by atoms with E-state index in [-0.39, 0.29) is 35.6 Å². The summed E-state index contributed by atoms with van der Waals surface area (Å²) in [4.78, 5) is 35.6. The molecule has 11 heteroatoms. The van der Waals surface area contributed by atoms with Crippen molar-refractivity contribution < 1.29 is 18.0 Å². The van der Waals surface area contributed by atoms with Gasteiger partial charge in [-0.1, -0.05) is 0 Å². The molecule has 1 aliphatic heterocycles. The number of amides is 2. The monoisotopic (exact) mass is 483 g/mol. The Morgan fingerprint density at radius 3 is 2.36 bits per heavy atom. The zero-order valence-electron chi connectivity index (χ0n) is 17.6. The molecule has 3 aromatic rings. The van der Waals surface area contributed by atoms with Crippen LogP contribution in [0.2, 0.25) is 0 Å². The van der Waals surface area contributed by atoms with E-state index in [9.17, 15) is 18.0 Å². The molecule has 0 spiro atoms. The second kappa shape index (κ2) is 9.59. The van der Waals surface area contributed by atoms with Crippen LogP contribution in [0.4, 0.5) is 17.3 Å². The summed E-state index contributed by atoms with van der Waals surface area (Å²) in [6.07, 6.45) is 4.95. The van der Waals surface area contributed by atoms with Crippen LogP contribution in [0.15, 0.2) is 76.8 Å². The maximum atomic E-state index is 12.7. The summed E-state index contributed by atoms with van der Waals surface area (Å²) in [7, 11) is -3.87. The van der Waals surface area contributed by atoms with Crippen LogP contribution in [0.1, 0.15) is 6.42 Å². The summed E-state index contributed by atoms with van der Waals surface area (Å²) in [6.45, 7) is 0.288. The first-order valence-corrected chi connectivity index (χ1v) is 12.7. The number of aromatic nitrogens is 2. The molecule has 1 aliphatic rings. The van der Waals surface area contributed by atoms with Gasteiger partial charge in [-0.15, -0.1) is 11.8 Å². The molecule has 2 heterocycles. The van der Waals surface area contributed by atoms with E-state index in [4.69, 9.17) is 0 Å². The predicted molar refractivity (Wildman–Crippen MR) is 127 cm³/mol. The molecule has 2 amide bonds. The zero-order chi connectivity index (χ0) is 23.4. The Morgan fingerprint density at radius 2 is 1.73 bits per heavy atom. The smallest absolute Gasteiger partial charge is 0.264 e. The summed E-state index contributed by atoms with van der Waals surface area (Å²) >= 11 is 1.61. The largest absolute Gasteiger partial charge is 0.326 e. The third kappa shape index (κ3) is 5.32. The Labute approximate surface area is 195 Å². The van der Waals surface area contributed by atoms with Crippen molar-refractivity contribution in [2.24, 2.45) is 5.92 Å². The third-order valence-corrected chi connectivity index (χ3v) is 7.19. The van der Waals surface area contributed by atoms with Gasteiger partial charge in [0.25, 0.3) is 10.0 Å². The molecule has 2 N–H and O–H groups in total. The van der Waals surface area contributed by atoms with E-state index >= 15 is 0 Å². The lowest BCUT2D eigenvalue weighted by Gasteiger charge is -2.17. The van der Waals surface area contributed by atoms with E-state index in [0.717, 1.165) is 10.6 Å². The number of carbonyl (C=O) groups is 2. The Hall–Kier alpha value is -3.44. The topological polar surface area (TPSA) is 121 Å². The van der Waals surface area contributed by atoms with Crippen LogP contribution in [0.5, 0.6) is 0 Å². The normalized spacial score (nSPS) is 16.0. The lowest BCUT2D eigenvalue weighted by atomic mass is 10.1. The number of sulfonamides is 1. The first-order chi connectivity index (χ1) is 15.9. The summed E-state index contributed by atoms with van der Waals surface area (Å²) in [5, 5.41) is 2.76. The van der Waals surface area contributed by atoms with Gasteiger partial charge in [0.15, 0.2) is 0 Å². The molecule has 1 saturated heterocycles. The van der Waals surface area contributed by atoms with E-state index in [2.05, 4.69) is 20.0 Å². The van der Waals surface area contributed by atoms with Gasteiger partial charge in [-0.3, -0.25) is 9.59 Å². The van der Waals surface area contributed by atoms with Crippen LogP contribution in [-0.2, 0) is 19.6 Å². The van der Waals surface area contributed by atoms with Gasteiger partial charge in [0, 0.05) is 41.6 Å². The van der Waals surface area contributed by atoms with Crippen molar-refractivity contribution >= 4 is 50.9 Å². The molecular formula is C22H21N5O4S2. The molecule has 0 saturated carbocycles. The number of nitrogens with zero attached hydrogens (tertiary/aromatic N) is 3. The molecule has 1 unspecified atom stereocenters. The molecule has 1 fully saturated rings. The summed E-state index contributed by atoms with van der Waals surface area (Å²) in [5.74, 6) is -0.938. The van der Waals surface area contributed by atoms with Crippen LogP contribution in [0, 0.1) is 5.92 Å². The van der Waals surface area contributed by atoms with Crippen LogP contribution in [-0.4, -0.2) is 43.0 Å². The molecular weight excluding hydrogens is 462 g/mol. The molecule has 0 aliphatic carbocycles. The standard InChI is InChI=1S/C22H21N5O4S2/c1-32-18-7-5-17(6-8-18)27-14-15(13-20(27)28)21(29)25-16-3-9-19(10-4-16)33(30,31)26-22-23-11-2-12-24-22/h2-12,15H,13-14H2,1H3,(H,25,29)(H,23,24,26). The minimum absolute atomic E-state index is 0.00357. The van der Waals surface area contributed by atoms with E-state index in [1.807, 2.05) is 30.5 Å². The lowest BCUT2D eigenvalue weighted by Crippen LogP contribution is -2.28. The second-order valence-electron chi connectivity index (χ2n) is 7.29. The average Bonchev–Trinajstić information content (AvgIpc) is 3.21. The minimum Gasteiger partial charge on any atom is -0.326 e. The first kappa shape index (κ1) is 22.7. The van der Waals surface area contributed by atoms with E-state index in [1.54, 1.807) is 22.7 Å². The summed E-state index contributed by atoms with van der Waals surface area (Å²) in [5.41, 5.74) is 1.20. The maximum Gasteiger partial charge on any atom is 0.264 e. The third-order valence-electron chi connectivity index (χ3n) is 5.10. The highest BCUT2D eigenvalue weighted by atomic mass is 32.2. The molecule has 4 rings (SSSR count). The molecule has 2 aromatic carbocycles. The van der Waals surface area contributed by atoms with Gasteiger partial charge in [-0.05, 0) is 60.9 Å². The van der Waals surface area contributed by atoms with Gasteiger partial charge in [0.1, 0.15) is 0 Å². The van der Waals surface area contributed by atoms with Crippen molar-refractivity contribution in [1.82, 2.24) is 9.97 Å². The molecule has 1 aromatic heterocycles. The lowest BCUT2D eigenvalue weighted by molar-refractivity contribution is -0.122. The number of benzene rings is 2. The van der Waals surface area contributed by atoms with E-state index < -0.39 is 15.9 Å². The fourth-order valence-corrected chi connectivity index (χ4v) is 4.75. The average molecular weight is 484 g/mol. The molecule has 170 valence electrons. The quantitative estimate of drug-likeness (QED) is 0.496. The van der Waals surface area contributed by atoms with Crippen LogP contribution < -0.4 is 14.9 Å². The van der Waals surface area contributed by atoms with Gasteiger partial charge >= 0.3 is 0 Å². The number of thioether (sulfide) groups is 1. The second-order valence-corrected chi connectivity index (χ2v) is 9.86. The maximum absolute atomic E-state index is 12.7. The highest BCUT2D eigenvalue weighted by Gasteiger charge is 2.35. The van der Waals surface area contributed by atoms with Crippen molar-refractivity contribution in [1.29, 1.82) is 0 Å². The highest BCUT2D eigenvalue weighted by molar-refractivity contribution is 7.98. The number of hydrogen-bond acceptors (Lipinski definition) is 7. The minimum atomic E-state index is -3.87. The van der Waals surface area contributed by atoms with Crippen LogP contribution in [0.25, 0.3) is 0 Å². The van der Waals surface area contributed by atoms with Crippen molar-refractivity contribution in [3.63, 3.8) is 0 Å². The van der Waals surface area contributed by atoms with Gasteiger partial charge in [-0.2, -0.15) is 0 Å². The molecule has 0 radical (unpaired) electrons. The fraction of sp³-hybridized carbons (Fsp3) is 0.182. The fourth-order valence-electron chi connectivity index (χ4n) is 3.39. The SMILES string of the molecule is CSc1ccc(N2CC(C(=O)Nc3ccc(S(=O)(=O)Nc4ncccn4)cc3)CC2=O)cc1. The van der Waals surface area contributed by atoms with Crippen molar-refractivity contribution in [3.8, 4) is 0 Å². The predicted octanol–water partition coefficient (Wildman–Crippen LogP) is 2.99. The highest BCUT2D eigenvalue weighted by Crippen LogP contribution is 2.28. The van der Waals surface area contributed by atoms with Crippen molar-refractivity contribution in [2.75, 3.05) is 27.7 Å². The summed E-state index contributed by atoms with van der Waals surface area (Å²) in [6, 6.07) is 14.9. The van der Waals surface area contributed by atoms with E-state index in [1.165, 1.54) is 36.7 Å². The molecule has 1 atom stereocenters.